The summed E-state index contributed by atoms with van der Waals surface area (Å²) < 4.78 is 0. The van der Waals surface area contributed by atoms with Gasteiger partial charge in [0.25, 0.3) is 5.69 Å². The van der Waals surface area contributed by atoms with Gasteiger partial charge in [-0.1, -0.05) is 35.3 Å². The molecule has 0 aliphatic carbocycles. The van der Waals surface area contributed by atoms with Crippen LogP contribution in [0.2, 0.25) is 10.0 Å². The van der Waals surface area contributed by atoms with Gasteiger partial charge < -0.3 is 5.32 Å². The summed E-state index contributed by atoms with van der Waals surface area (Å²) >= 11 is 13.3. The van der Waals surface area contributed by atoms with Crippen LogP contribution in [0.5, 0.6) is 0 Å². The maximum Gasteiger partial charge on any atom is 0.270 e. The molecule has 0 atom stereocenters. The number of nitrogens with one attached hydrogen (secondary N) is 1. The molecule has 0 amide bonds. The molecule has 1 aromatic heterocycles. The second-order valence-corrected chi connectivity index (χ2v) is 6.36. The van der Waals surface area contributed by atoms with Crippen molar-refractivity contribution in [1.29, 1.82) is 0 Å². The van der Waals surface area contributed by atoms with Crippen LogP contribution in [0.1, 0.15) is 0 Å². The highest BCUT2D eigenvalue weighted by molar-refractivity contribution is 8.93. The lowest BCUT2D eigenvalue weighted by Gasteiger charge is -2.03. The molecule has 0 fully saturated rings. The predicted octanol–water partition coefficient (Wildman–Crippen LogP) is 6.35. The van der Waals surface area contributed by atoms with Gasteiger partial charge in [0.05, 0.1) is 10.6 Å². The van der Waals surface area contributed by atoms with E-state index < -0.39 is 4.92 Å². The molecule has 9 heteroatoms. The highest BCUT2D eigenvalue weighted by Crippen LogP contribution is 2.30. The molecule has 0 saturated heterocycles. The maximum atomic E-state index is 10.8. The lowest BCUT2D eigenvalue weighted by molar-refractivity contribution is -0.384. The van der Waals surface area contributed by atoms with Crippen molar-refractivity contribution in [3.8, 4) is 11.3 Å². The highest BCUT2D eigenvalue weighted by atomic mass is 79.9. The molecule has 2 aromatic carbocycles. The zero-order valence-corrected chi connectivity index (χ0v) is 15.9. The Hall–Kier alpha value is -1.67. The average molecular weight is 447 g/mol. The van der Waals surface area contributed by atoms with Gasteiger partial charge in [0, 0.05) is 38.8 Å². The van der Waals surface area contributed by atoms with Crippen LogP contribution in [0, 0.1) is 10.1 Å². The predicted molar refractivity (Wildman–Crippen MR) is 104 cm³/mol. The highest BCUT2D eigenvalue weighted by Gasteiger charge is 2.10. The molecular weight excluding hydrogens is 437 g/mol. The van der Waals surface area contributed by atoms with Gasteiger partial charge in [0.1, 0.15) is 0 Å². The average Bonchev–Trinajstić information content (AvgIpc) is 2.95. The molecule has 0 saturated carbocycles. The van der Waals surface area contributed by atoms with Gasteiger partial charge in [-0.15, -0.1) is 28.3 Å². The van der Waals surface area contributed by atoms with E-state index in [0.717, 1.165) is 5.69 Å². The Morgan fingerprint density at radius 2 is 1.83 bits per heavy atom. The monoisotopic (exact) mass is 445 g/mol. The van der Waals surface area contributed by atoms with Gasteiger partial charge in [-0.3, -0.25) is 10.1 Å². The first-order valence-electron chi connectivity index (χ1n) is 6.45. The molecule has 0 spiro atoms. The van der Waals surface area contributed by atoms with E-state index in [2.05, 4.69) is 10.3 Å². The number of thiazole rings is 1. The molecular formula is C15H10BrCl2N3O2S. The van der Waals surface area contributed by atoms with Crippen molar-refractivity contribution < 1.29 is 4.92 Å². The molecule has 3 rings (SSSR count). The molecule has 3 aromatic rings. The number of rotatable bonds is 4. The minimum Gasteiger partial charge on any atom is -0.331 e. The van der Waals surface area contributed by atoms with Crippen molar-refractivity contribution >= 4 is 68.0 Å². The first kappa shape index (κ1) is 18.7. The second-order valence-electron chi connectivity index (χ2n) is 4.63. The van der Waals surface area contributed by atoms with E-state index in [9.17, 15) is 10.1 Å². The van der Waals surface area contributed by atoms with E-state index in [1.54, 1.807) is 30.3 Å². The fourth-order valence-corrected chi connectivity index (χ4v) is 3.26. The number of nitro groups is 1. The van der Waals surface area contributed by atoms with Crippen LogP contribution < -0.4 is 5.32 Å². The van der Waals surface area contributed by atoms with Crippen molar-refractivity contribution in [2.75, 3.05) is 5.32 Å². The van der Waals surface area contributed by atoms with E-state index in [-0.39, 0.29) is 22.7 Å². The van der Waals surface area contributed by atoms with Gasteiger partial charge in [0.2, 0.25) is 0 Å². The number of halogens is 3. The van der Waals surface area contributed by atoms with E-state index in [1.807, 2.05) is 5.38 Å². The van der Waals surface area contributed by atoms with E-state index in [0.29, 0.717) is 26.4 Å². The van der Waals surface area contributed by atoms with Crippen LogP contribution in [0.25, 0.3) is 11.3 Å². The summed E-state index contributed by atoms with van der Waals surface area (Å²) in [6, 6.07) is 11.5. The van der Waals surface area contributed by atoms with Crippen LogP contribution in [0.4, 0.5) is 16.5 Å². The zero-order valence-electron chi connectivity index (χ0n) is 11.9. The molecule has 1 heterocycles. The maximum absolute atomic E-state index is 10.8. The molecule has 0 bridgehead atoms. The Balaban J connectivity index is 0.00000208. The van der Waals surface area contributed by atoms with Crippen LogP contribution in [0.15, 0.2) is 47.8 Å². The minimum atomic E-state index is -0.428. The molecule has 0 radical (unpaired) electrons. The van der Waals surface area contributed by atoms with Crippen molar-refractivity contribution in [2.45, 2.75) is 0 Å². The minimum absolute atomic E-state index is 0. The number of benzene rings is 2. The number of hydrogen-bond acceptors (Lipinski definition) is 5. The summed E-state index contributed by atoms with van der Waals surface area (Å²) in [7, 11) is 0. The number of non-ortho nitro benzene ring substituents is 1. The third-order valence-electron chi connectivity index (χ3n) is 2.97. The topological polar surface area (TPSA) is 68.1 Å². The molecule has 24 heavy (non-hydrogen) atoms. The molecule has 1 N–H and O–H groups in total. The smallest absolute Gasteiger partial charge is 0.270 e. The molecule has 0 aliphatic heterocycles. The van der Waals surface area contributed by atoms with Crippen LogP contribution in [-0.4, -0.2) is 9.91 Å². The molecule has 124 valence electrons. The lowest BCUT2D eigenvalue weighted by Crippen LogP contribution is -1.90. The Morgan fingerprint density at radius 1 is 1.12 bits per heavy atom. The first-order valence-corrected chi connectivity index (χ1v) is 8.08. The SMILES string of the molecule is Br.O=[N+]([O-])c1cccc(-c2csc(Nc3cc(Cl)cc(Cl)c3)n2)c1. The number of nitro benzene ring substituents is 1. The first-order chi connectivity index (χ1) is 11.0. The van der Waals surface area contributed by atoms with E-state index in [4.69, 9.17) is 23.2 Å². The van der Waals surface area contributed by atoms with Crippen LogP contribution >= 0.6 is 51.5 Å². The van der Waals surface area contributed by atoms with Crippen molar-refractivity contribution in [2.24, 2.45) is 0 Å². The normalized spacial score (nSPS) is 10.1. The quantitative estimate of drug-likeness (QED) is 0.374. The van der Waals surface area contributed by atoms with E-state index >= 15 is 0 Å². The summed E-state index contributed by atoms with van der Waals surface area (Å²) in [4.78, 5) is 14.9. The number of anilines is 2. The third-order valence-corrected chi connectivity index (χ3v) is 4.16. The summed E-state index contributed by atoms with van der Waals surface area (Å²) in [5.74, 6) is 0. The molecule has 0 aliphatic rings. The Bertz CT molecular complexity index is 868. The Morgan fingerprint density at radius 3 is 2.50 bits per heavy atom. The van der Waals surface area contributed by atoms with Gasteiger partial charge >= 0.3 is 0 Å². The Kier molecular flexibility index (Phi) is 6.17. The molecule has 0 unspecified atom stereocenters. The second kappa shape index (κ2) is 7.94. The Labute approximate surface area is 162 Å². The number of hydrogen-bond donors (Lipinski definition) is 1. The van der Waals surface area contributed by atoms with Gasteiger partial charge in [-0.2, -0.15) is 0 Å². The summed E-state index contributed by atoms with van der Waals surface area (Å²) in [6.45, 7) is 0. The summed E-state index contributed by atoms with van der Waals surface area (Å²) in [5.41, 5.74) is 2.11. The fraction of sp³-hybridized carbons (Fsp3) is 0. The third kappa shape index (κ3) is 4.45. The van der Waals surface area contributed by atoms with Crippen LogP contribution in [0.3, 0.4) is 0 Å². The fourth-order valence-electron chi connectivity index (χ4n) is 1.99. The van der Waals surface area contributed by atoms with E-state index in [1.165, 1.54) is 23.5 Å². The lowest BCUT2D eigenvalue weighted by atomic mass is 10.1. The molecule has 5 nitrogen and oxygen atoms in total. The van der Waals surface area contributed by atoms with Crippen LogP contribution in [-0.2, 0) is 0 Å². The van der Waals surface area contributed by atoms with Crippen molar-refractivity contribution in [3.63, 3.8) is 0 Å². The van der Waals surface area contributed by atoms with Gasteiger partial charge in [-0.25, -0.2) is 4.98 Å². The number of aromatic nitrogens is 1. The summed E-state index contributed by atoms with van der Waals surface area (Å²) in [6.07, 6.45) is 0. The standard InChI is InChI=1S/C15H9Cl2N3O2S.BrH/c16-10-5-11(17)7-12(6-10)18-15-19-14(8-23-15)9-2-1-3-13(4-9)20(21)22;/h1-8H,(H,18,19);1H. The van der Waals surface area contributed by atoms with Crippen molar-refractivity contribution in [1.82, 2.24) is 4.98 Å². The van der Waals surface area contributed by atoms with Crippen molar-refractivity contribution in [3.05, 3.63) is 68.0 Å². The van der Waals surface area contributed by atoms with Gasteiger partial charge in [-0.05, 0) is 18.2 Å². The summed E-state index contributed by atoms with van der Waals surface area (Å²) in [5, 5.41) is 17.5. The zero-order chi connectivity index (χ0) is 16.4. The van der Waals surface area contributed by atoms with Gasteiger partial charge in [0.15, 0.2) is 5.13 Å². The number of nitrogens with zero attached hydrogens (tertiary/aromatic N) is 2. The largest absolute Gasteiger partial charge is 0.331 e.